The molecule has 2 aromatic carbocycles. The standard InChI is InChI=1S/C19H20F2N4O3/c1-11(2)22-19(26)23-17-14-9-13(7-8-15(14)24-25-17)27-10-12-5-3-4-6-16(12)28-18(20)21/h3-9,11,18H,10H2,1-2H3,(H3,22,23,24,25,26). The summed E-state index contributed by atoms with van der Waals surface area (Å²) >= 11 is 0. The first-order valence-electron chi connectivity index (χ1n) is 8.63. The van der Waals surface area contributed by atoms with Crippen molar-refractivity contribution in [2.24, 2.45) is 0 Å². The lowest BCUT2D eigenvalue weighted by atomic mass is 10.2. The number of H-pyrrole nitrogens is 1. The summed E-state index contributed by atoms with van der Waals surface area (Å²) < 4.78 is 35.3. The Bertz CT molecular complexity index is 959. The number of hydrogen-bond acceptors (Lipinski definition) is 4. The maximum Gasteiger partial charge on any atom is 0.387 e. The van der Waals surface area contributed by atoms with Crippen LogP contribution in [0.1, 0.15) is 19.4 Å². The van der Waals surface area contributed by atoms with E-state index in [-0.39, 0.29) is 24.4 Å². The minimum atomic E-state index is -2.91. The molecule has 3 rings (SSSR count). The summed E-state index contributed by atoms with van der Waals surface area (Å²) in [7, 11) is 0. The van der Waals surface area contributed by atoms with Gasteiger partial charge in [0, 0.05) is 17.0 Å². The second kappa shape index (κ2) is 8.55. The molecule has 0 saturated heterocycles. The molecule has 0 saturated carbocycles. The minimum Gasteiger partial charge on any atom is -0.489 e. The fourth-order valence-corrected chi connectivity index (χ4v) is 2.58. The molecule has 0 aliphatic carbocycles. The molecule has 148 valence electrons. The predicted octanol–water partition coefficient (Wildman–Crippen LogP) is 4.27. The second-order valence-electron chi connectivity index (χ2n) is 6.31. The smallest absolute Gasteiger partial charge is 0.387 e. The van der Waals surface area contributed by atoms with E-state index in [1.807, 2.05) is 13.8 Å². The maximum atomic E-state index is 12.5. The molecule has 0 spiro atoms. The Morgan fingerprint density at radius 1 is 1.21 bits per heavy atom. The van der Waals surface area contributed by atoms with Crippen LogP contribution in [-0.4, -0.2) is 28.9 Å². The van der Waals surface area contributed by atoms with Gasteiger partial charge in [-0.1, -0.05) is 18.2 Å². The van der Waals surface area contributed by atoms with Crippen LogP contribution in [0.5, 0.6) is 11.5 Å². The van der Waals surface area contributed by atoms with E-state index in [9.17, 15) is 13.6 Å². The molecular formula is C19H20F2N4O3. The Morgan fingerprint density at radius 2 is 2.00 bits per heavy atom. The van der Waals surface area contributed by atoms with Gasteiger partial charge < -0.3 is 14.8 Å². The SMILES string of the molecule is CC(C)NC(=O)Nc1n[nH]c2ccc(OCc3ccccc3OC(F)F)cc12. The minimum absolute atomic E-state index is 0.0142. The summed E-state index contributed by atoms with van der Waals surface area (Å²) in [5.74, 6) is 0.919. The van der Waals surface area contributed by atoms with Crippen molar-refractivity contribution in [3.05, 3.63) is 48.0 Å². The van der Waals surface area contributed by atoms with Crippen molar-refractivity contribution in [3.63, 3.8) is 0 Å². The number of carbonyl (C=O) groups excluding carboxylic acids is 1. The third-order valence-corrected chi connectivity index (χ3v) is 3.77. The van der Waals surface area contributed by atoms with Gasteiger partial charge in [-0.3, -0.25) is 10.4 Å². The molecule has 0 aliphatic heterocycles. The van der Waals surface area contributed by atoms with Crippen LogP contribution in [-0.2, 0) is 6.61 Å². The van der Waals surface area contributed by atoms with E-state index < -0.39 is 6.61 Å². The third-order valence-electron chi connectivity index (χ3n) is 3.77. The number of ether oxygens (including phenoxy) is 2. The highest BCUT2D eigenvalue weighted by molar-refractivity contribution is 5.99. The van der Waals surface area contributed by atoms with Gasteiger partial charge >= 0.3 is 12.6 Å². The monoisotopic (exact) mass is 390 g/mol. The molecule has 0 bridgehead atoms. The van der Waals surface area contributed by atoms with Crippen molar-refractivity contribution in [3.8, 4) is 11.5 Å². The van der Waals surface area contributed by atoms with Gasteiger partial charge in [-0.25, -0.2) is 4.79 Å². The first-order chi connectivity index (χ1) is 13.4. The largest absolute Gasteiger partial charge is 0.489 e. The number of para-hydroxylation sites is 1. The van der Waals surface area contributed by atoms with Crippen LogP contribution in [0.2, 0.25) is 0 Å². The molecule has 0 fully saturated rings. The highest BCUT2D eigenvalue weighted by Gasteiger charge is 2.12. The molecular weight excluding hydrogens is 370 g/mol. The molecule has 3 N–H and O–H groups in total. The maximum absolute atomic E-state index is 12.5. The zero-order valence-electron chi connectivity index (χ0n) is 15.3. The van der Waals surface area contributed by atoms with Crippen molar-refractivity contribution < 1.29 is 23.0 Å². The number of fused-ring (bicyclic) bond motifs is 1. The molecule has 7 nitrogen and oxygen atoms in total. The van der Waals surface area contributed by atoms with E-state index >= 15 is 0 Å². The van der Waals surface area contributed by atoms with Crippen LogP contribution < -0.4 is 20.1 Å². The number of aromatic amines is 1. The van der Waals surface area contributed by atoms with Gasteiger partial charge in [0.25, 0.3) is 0 Å². The average Bonchev–Trinajstić information content (AvgIpc) is 3.02. The molecule has 1 aromatic heterocycles. The van der Waals surface area contributed by atoms with Gasteiger partial charge in [-0.2, -0.15) is 13.9 Å². The van der Waals surface area contributed by atoms with Gasteiger partial charge in [0.05, 0.1) is 5.52 Å². The Hall–Kier alpha value is -3.36. The van der Waals surface area contributed by atoms with E-state index in [4.69, 9.17) is 4.74 Å². The summed E-state index contributed by atoms with van der Waals surface area (Å²) in [5.41, 5.74) is 1.21. The van der Waals surface area contributed by atoms with Crippen molar-refractivity contribution in [2.75, 3.05) is 5.32 Å². The number of anilines is 1. The number of carbonyl (C=O) groups is 1. The molecule has 0 unspecified atom stereocenters. The molecule has 3 aromatic rings. The molecule has 1 heterocycles. The summed E-state index contributed by atoms with van der Waals surface area (Å²) in [5, 5.41) is 13.0. The van der Waals surface area contributed by atoms with E-state index in [2.05, 4.69) is 25.6 Å². The van der Waals surface area contributed by atoms with Crippen LogP contribution in [0.25, 0.3) is 10.9 Å². The number of rotatable bonds is 7. The van der Waals surface area contributed by atoms with Gasteiger partial charge in [0.15, 0.2) is 5.82 Å². The Morgan fingerprint density at radius 3 is 2.75 bits per heavy atom. The van der Waals surface area contributed by atoms with E-state index in [1.165, 1.54) is 6.07 Å². The van der Waals surface area contributed by atoms with Crippen LogP contribution in [0.3, 0.4) is 0 Å². The fourth-order valence-electron chi connectivity index (χ4n) is 2.58. The van der Waals surface area contributed by atoms with E-state index in [0.717, 1.165) is 0 Å². The van der Waals surface area contributed by atoms with Crippen LogP contribution in [0.15, 0.2) is 42.5 Å². The summed E-state index contributed by atoms with van der Waals surface area (Å²) in [6.45, 7) is 0.838. The van der Waals surface area contributed by atoms with Crippen LogP contribution >= 0.6 is 0 Å². The summed E-state index contributed by atoms with van der Waals surface area (Å²) in [4.78, 5) is 11.9. The number of benzene rings is 2. The number of alkyl halides is 2. The summed E-state index contributed by atoms with van der Waals surface area (Å²) in [6.07, 6.45) is 0. The van der Waals surface area contributed by atoms with Gasteiger partial charge in [-0.05, 0) is 38.1 Å². The first kappa shape index (κ1) is 19.4. The molecule has 2 amide bonds. The highest BCUT2D eigenvalue weighted by atomic mass is 19.3. The molecule has 0 radical (unpaired) electrons. The van der Waals surface area contributed by atoms with E-state index in [0.29, 0.717) is 28.0 Å². The molecule has 9 heteroatoms. The number of amides is 2. The zero-order valence-corrected chi connectivity index (χ0v) is 15.3. The average molecular weight is 390 g/mol. The number of urea groups is 1. The topological polar surface area (TPSA) is 88.3 Å². The van der Waals surface area contributed by atoms with Crippen molar-refractivity contribution in [2.45, 2.75) is 33.1 Å². The summed E-state index contributed by atoms with van der Waals surface area (Å²) in [6, 6.07) is 11.2. The number of nitrogens with one attached hydrogen (secondary N) is 3. The van der Waals surface area contributed by atoms with Gasteiger partial charge in [0.1, 0.15) is 18.1 Å². The van der Waals surface area contributed by atoms with Crippen molar-refractivity contribution >= 4 is 22.8 Å². The Kier molecular flexibility index (Phi) is 5.93. The fraction of sp³-hybridized carbons (Fsp3) is 0.263. The van der Waals surface area contributed by atoms with Crippen molar-refractivity contribution in [1.82, 2.24) is 15.5 Å². The lowest BCUT2D eigenvalue weighted by molar-refractivity contribution is -0.0508. The zero-order chi connectivity index (χ0) is 20.1. The van der Waals surface area contributed by atoms with Crippen LogP contribution in [0, 0.1) is 0 Å². The predicted molar refractivity (Wildman–Crippen MR) is 101 cm³/mol. The lowest BCUT2D eigenvalue weighted by Gasteiger charge is -2.12. The van der Waals surface area contributed by atoms with Gasteiger partial charge in [0.2, 0.25) is 0 Å². The highest BCUT2D eigenvalue weighted by Crippen LogP contribution is 2.27. The third kappa shape index (κ3) is 4.87. The van der Waals surface area contributed by atoms with E-state index in [1.54, 1.807) is 36.4 Å². The first-order valence-corrected chi connectivity index (χ1v) is 8.63. The molecule has 0 atom stereocenters. The Labute approximate surface area is 160 Å². The van der Waals surface area contributed by atoms with Gasteiger partial charge in [-0.15, -0.1) is 0 Å². The molecule has 28 heavy (non-hydrogen) atoms. The van der Waals surface area contributed by atoms with Crippen molar-refractivity contribution in [1.29, 1.82) is 0 Å². The van der Waals surface area contributed by atoms with Crippen LogP contribution in [0.4, 0.5) is 19.4 Å². The molecule has 0 aliphatic rings. The number of aromatic nitrogens is 2. The second-order valence-corrected chi connectivity index (χ2v) is 6.31. The number of halogens is 2. The Balaban J connectivity index is 1.74. The lowest BCUT2D eigenvalue weighted by Crippen LogP contribution is -2.34. The quantitative estimate of drug-likeness (QED) is 0.562. The normalized spacial score (nSPS) is 11.1. The number of nitrogens with zero attached hydrogens (tertiary/aromatic N) is 1. The number of hydrogen-bond donors (Lipinski definition) is 3.